The summed E-state index contributed by atoms with van der Waals surface area (Å²) in [5, 5.41) is 10.8. The van der Waals surface area contributed by atoms with Crippen molar-refractivity contribution < 1.29 is 9.50 Å². The lowest BCUT2D eigenvalue weighted by Gasteiger charge is -2.15. The second-order valence-electron chi connectivity index (χ2n) is 5.53. The molecule has 1 saturated heterocycles. The normalized spacial score (nSPS) is 18.2. The Morgan fingerprint density at radius 2 is 2.14 bits per heavy atom. The molecule has 22 heavy (non-hydrogen) atoms. The van der Waals surface area contributed by atoms with Crippen LogP contribution in [0.4, 0.5) is 4.39 Å². The van der Waals surface area contributed by atoms with Gasteiger partial charge in [0.1, 0.15) is 12.4 Å². The molecule has 4 heteroatoms. The molecule has 1 aromatic heterocycles. The van der Waals surface area contributed by atoms with Gasteiger partial charge >= 0.3 is 0 Å². The van der Waals surface area contributed by atoms with E-state index in [-0.39, 0.29) is 12.4 Å². The Morgan fingerprint density at radius 1 is 1.32 bits per heavy atom. The number of likely N-dealkylation sites (tertiary alicyclic amines) is 1. The van der Waals surface area contributed by atoms with Crippen molar-refractivity contribution in [3.8, 4) is 11.8 Å². The first-order valence-corrected chi connectivity index (χ1v) is 8.27. The van der Waals surface area contributed by atoms with Gasteiger partial charge in [-0.25, -0.2) is 4.39 Å². The van der Waals surface area contributed by atoms with Crippen molar-refractivity contribution in [1.82, 2.24) is 4.90 Å². The van der Waals surface area contributed by atoms with Crippen LogP contribution in [0, 0.1) is 17.7 Å². The van der Waals surface area contributed by atoms with Crippen LogP contribution < -0.4 is 0 Å². The third kappa shape index (κ3) is 3.75. The van der Waals surface area contributed by atoms with Crippen molar-refractivity contribution in [1.29, 1.82) is 0 Å². The van der Waals surface area contributed by atoms with E-state index in [0.717, 1.165) is 31.6 Å². The van der Waals surface area contributed by atoms with Crippen molar-refractivity contribution in [2.45, 2.75) is 18.9 Å². The van der Waals surface area contributed by atoms with Crippen LogP contribution in [0.5, 0.6) is 0 Å². The Hall–Kier alpha value is -1.67. The fourth-order valence-electron chi connectivity index (χ4n) is 2.87. The molecule has 0 amide bonds. The standard InChI is InChI=1S/C18H18FNOS/c19-17-5-3-15(4-6-17)16-7-8-20(11-16)12-18-10-14(13-22-18)2-1-9-21/h3-6,10,13,16,21H,7-9,11-12H2. The van der Waals surface area contributed by atoms with Crippen molar-refractivity contribution in [2.24, 2.45) is 0 Å². The molecule has 0 aliphatic carbocycles. The van der Waals surface area contributed by atoms with Crippen LogP contribution in [0.15, 0.2) is 35.7 Å². The van der Waals surface area contributed by atoms with E-state index >= 15 is 0 Å². The molecule has 0 spiro atoms. The van der Waals surface area contributed by atoms with E-state index < -0.39 is 0 Å². The van der Waals surface area contributed by atoms with Crippen molar-refractivity contribution in [3.05, 3.63) is 57.5 Å². The number of nitrogens with zero attached hydrogens (tertiary/aromatic N) is 1. The number of rotatable bonds is 3. The lowest BCUT2D eigenvalue weighted by molar-refractivity contribution is 0.330. The van der Waals surface area contributed by atoms with E-state index in [4.69, 9.17) is 5.11 Å². The van der Waals surface area contributed by atoms with Crippen LogP contribution in [-0.4, -0.2) is 29.7 Å². The number of aliphatic hydroxyl groups is 1. The Balaban J connectivity index is 1.58. The molecule has 2 aromatic rings. The molecule has 1 fully saturated rings. The van der Waals surface area contributed by atoms with Gasteiger partial charge in [0.15, 0.2) is 0 Å². The molecule has 0 saturated carbocycles. The third-order valence-corrected chi connectivity index (χ3v) is 4.88. The molecule has 114 valence electrons. The molecule has 0 radical (unpaired) electrons. The van der Waals surface area contributed by atoms with E-state index in [0.29, 0.717) is 5.92 Å². The molecule has 0 bridgehead atoms. The SMILES string of the molecule is OCC#Cc1csc(CN2CCC(c3ccc(F)cc3)C2)c1. The summed E-state index contributed by atoms with van der Waals surface area (Å²) in [6.07, 6.45) is 1.12. The molecule has 2 nitrogen and oxygen atoms in total. The van der Waals surface area contributed by atoms with Crippen LogP contribution >= 0.6 is 11.3 Å². The zero-order valence-corrected chi connectivity index (χ0v) is 13.1. The fourth-order valence-corrected chi connectivity index (χ4v) is 3.73. The first-order valence-electron chi connectivity index (χ1n) is 7.39. The van der Waals surface area contributed by atoms with Crippen LogP contribution in [-0.2, 0) is 6.54 Å². The summed E-state index contributed by atoms with van der Waals surface area (Å²) >= 11 is 1.71. The third-order valence-electron chi connectivity index (χ3n) is 3.96. The van der Waals surface area contributed by atoms with Gasteiger partial charge in [-0.3, -0.25) is 4.90 Å². The summed E-state index contributed by atoms with van der Waals surface area (Å²) in [5.74, 6) is 5.93. The van der Waals surface area contributed by atoms with E-state index in [1.54, 1.807) is 23.5 Å². The Labute approximate surface area is 134 Å². The van der Waals surface area contributed by atoms with Crippen molar-refractivity contribution in [2.75, 3.05) is 19.7 Å². The maximum atomic E-state index is 13.0. The smallest absolute Gasteiger partial charge is 0.123 e. The van der Waals surface area contributed by atoms with E-state index in [1.165, 1.54) is 10.4 Å². The summed E-state index contributed by atoms with van der Waals surface area (Å²) in [7, 11) is 0. The monoisotopic (exact) mass is 315 g/mol. The number of hydrogen-bond acceptors (Lipinski definition) is 3. The van der Waals surface area contributed by atoms with Gasteiger partial charge in [0, 0.05) is 28.9 Å². The maximum absolute atomic E-state index is 13.0. The summed E-state index contributed by atoms with van der Waals surface area (Å²) in [6.45, 7) is 2.92. The predicted octanol–water partition coefficient (Wildman–Crippen LogP) is 3.22. The Morgan fingerprint density at radius 3 is 2.91 bits per heavy atom. The van der Waals surface area contributed by atoms with Gasteiger partial charge in [0.05, 0.1) is 0 Å². The Bertz CT molecular complexity index is 683. The lowest BCUT2D eigenvalue weighted by atomic mass is 9.99. The van der Waals surface area contributed by atoms with Gasteiger partial charge in [-0.2, -0.15) is 0 Å². The van der Waals surface area contributed by atoms with Crippen LogP contribution in [0.2, 0.25) is 0 Å². The van der Waals surface area contributed by atoms with Gasteiger partial charge in [0.25, 0.3) is 0 Å². The number of halogens is 1. The number of benzene rings is 1. The summed E-state index contributed by atoms with van der Waals surface area (Å²) < 4.78 is 13.0. The number of thiophene rings is 1. The zero-order chi connectivity index (χ0) is 15.4. The minimum Gasteiger partial charge on any atom is -0.384 e. The molecule has 1 aliphatic heterocycles. The van der Waals surface area contributed by atoms with Crippen LogP contribution in [0.25, 0.3) is 0 Å². The maximum Gasteiger partial charge on any atom is 0.123 e. The molecule has 1 aliphatic rings. The molecule has 1 unspecified atom stereocenters. The number of hydrogen-bond donors (Lipinski definition) is 1. The molecule has 1 atom stereocenters. The highest BCUT2D eigenvalue weighted by atomic mass is 32.1. The molecule has 1 N–H and O–H groups in total. The van der Waals surface area contributed by atoms with E-state index in [9.17, 15) is 4.39 Å². The quantitative estimate of drug-likeness (QED) is 0.879. The van der Waals surface area contributed by atoms with Crippen LogP contribution in [0.1, 0.15) is 28.3 Å². The summed E-state index contributed by atoms with van der Waals surface area (Å²) in [6, 6.07) is 8.99. The van der Waals surface area contributed by atoms with Gasteiger partial charge in [-0.15, -0.1) is 11.3 Å². The van der Waals surface area contributed by atoms with E-state index in [1.807, 2.05) is 17.5 Å². The lowest BCUT2D eigenvalue weighted by Crippen LogP contribution is -2.19. The zero-order valence-electron chi connectivity index (χ0n) is 12.3. The summed E-state index contributed by atoms with van der Waals surface area (Å²) in [4.78, 5) is 3.73. The average molecular weight is 315 g/mol. The topological polar surface area (TPSA) is 23.5 Å². The van der Waals surface area contributed by atoms with E-state index in [2.05, 4.69) is 22.8 Å². The summed E-state index contributed by atoms with van der Waals surface area (Å²) in [5.41, 5.74) is 2.20. The number of aliphatic hydroxyl groups excluding tert-OH is 1. The average Bonchev–Trinajstić information content (AvgIpc) is 3.16. The first-order chi connectivity index (χ1) is 10.7. The van der Waals surface area contributed by atoms with Gasteiger partial charge < -0.3 is 5.11 Å². The molecular weight excluding hydrogens is 297 g/mol. The van der Waals surface area contributed by atoms with Gasteiger partial charge in [0.2, 0.25) is 0 Å². The highest BCUT2D eigenvalue weighted by molar-refractivity contribution is 7.10. The molecule has 1 aromatic carbocycles. The first kappa shape index (κ1) is 15.2. The highest BCUT2D eigenvalue weighted by Gasteiger charge is 2.24. The van der Waals surface area contributed by atoms with Gasteiger partial charge in [-0.05, 0) is 42.6 Å². The Kier molecular flexibility index (Phi) is 4.89. The minimum absolute atomic E-state index is 0.101. The molecule has 2 heterocycles. The molecular formula is C18H18FNOS. The second-order valence-corrected chi connectivity index (χ2v) is 6.53. The van der Waals surface area contributed by atoms with Crippen molar-refractivity contribution in [3.63, 3.8) is 0 Å². The van der Waals surface area contributed by atoms with Crippen molar-refractivity contribution >= 4 is 11.3 Å². The second kappa shape index (κ2) is 7.06. The predicted molar refractivity (Wildman–Crippen MR) is 87.3 cm³/mol. The van der Waals surface area contributed by atoms with Gasteiger partial charge in [-0.1, -0.05) is 24.0 Å². The largest absolute Gasteiger partial charge is 0.384 e. The minimum atomic E-state index is -0.172. The molecule has 3 rings (SSSR count). The highest BCUT2D eigenvalue weighted by Crippen LogP contribution is 2.29. The van der Waals surface area contributed by atoms with Crippen LogP contribution in [0.3, 0.4) is 0 Å². The fraction of sp³-hybridized carbons (Fsp3) is 0.333.